The number of carbonyl (C=O) groups is 1. The van der Waals surface area contributed by atoms with Crippen LogP contribution in [-0.2, 0) is 6.18 Å². The zero-order valence-electron chi connectivity index (χ0n) is 17.1. The smallest absolute Gasteiger partial charge is 0.370 e. The van der Waals surface area contributed by atoms with Crippen molar-refractivity contribution in [1.82, 2.24) is 14.7 Å². The van der Waals surface area contributed by atoms with Gasteiger partial charge in [-0.3, -0.25) is 4.79 Å². The maximum Gasteiger partial charge on any atom is 0.435 e. The predicted molar refractivity (Wildman–Crippen MR) is 112 cm³/mol. The minimum atomic E-state index is -4.49. The molecule has 1 saturated heterocycles. The maximum absolute atomic E-state index is 13.0. The average molecular weight is 428 g/mol. The zero-order valence-corrected chi connectivity index (χ0v) is 17.1. The minimum absolute atomic E-state index is 0.0752. The number of halogens is 3. The summed E-state index contributed by atoms with van der Waals surface area (Å²) in [5.74, 6) is -0.0752. The predicted octanol–water partition coefficient (Wildman–Crippen LogP) is 4.55. The van der Waals surface area contributed by atoms with Crippen LogP contribution in [0.3, 0.4) is 0 Å². The number of hydrogen-bond donors (Lipinski definition) is 0. The molecule has 2 aromatic carbocycles. The van der Waals surface area contributed by atoms with Gasteiger partial charge in [0.2, 0.25) is 0 Å². The number of amides is 1. The maximum atomic E-state index is 13.0. The molecule has 1 fully saturated rings. The average Bonchev–Trinajstić information content (AvgIpc) is 3.14. The van der Waals surface area contributed by atoms with Gasteiger partial charge < -0.3 is 9.80 Å². The van der Waals surface area contributed by atoms with E-state index in [2.05, 4.69) is 41.2 Å². The lowest BCUT2D eigenvalue weighted by Crippen LogP contribution is -2.35. The van der Waals surface area contributed by atoms with Crippen LogP contribution in [0, 0.1) is 6.92 Å². The van der Waals surface area contributed by atoms with Gasteiger partial charge in [-0.15, -0.1) is 0 Å². The SMILES string of the molecule is Cc1ccc(N2CCCN(C(=O)c3ccc(-n4ccc(C(F)(F)F)n4)cc3)CC2)cc1. The topological polar surface area (TPSA) is 41.4 Å². The van der Waals surface area contributed by atoms with Crippen molar-refractivity contribution in [3.8, 4) is 5.69 Å². The molecule has 0 saturated carbocycles. The lowest BCUT2D eigenvalue weighted by atomic mass is 10.1. The van der Waals surface area contributed by atoms with Crippen LogP contribution in [0.15, 0.2) is 60.8 Å². The highest BCUT2D eigenvalue weighted by Gasteiger charge is 2.33. The third kappa shape index (κ3) is 4.73. The monoisotopic (exact) mass is 428 g/mol. The van der Waals surface area contributed by atoms with E-state index in [1.165, 1.54) is 11.8 Å². The normalized spacial score (nSPS) is 15.1. The van der Waals surface area contributed by atoms with Crippen LogP contribution in [0.5, 0.6) is 0 Å². The first-order valence-corrected chi connectivity index (χ1v) is 10.2. The number of anilines is 1. The van der Waals surface area contributed by atoms with Crippen molar-refractivity contribution in [2.24, 2.45) is 0 Å². The highest BCUT2D eigenvalue weighted by atomic mass is 19.4. The molecule has 8 heteroatoms. The molecule has 1 aliphatic heterocycles. The first kappa shape index (κ1) is 21.0. The molecule has 0 unspecified atom stereocenters. The largest absolute Gasteiger partial charge is 0.435 e. The molecule has 3 aromatic rings. The summed E-state index contributed by atoms with van der Waals surface area (Å²) in [6.07, 6.45) is -2.36. The minimum Gasteiger partial charge on any atom is -0.370 e. The second-order valence-corrected chi connectivity index (χ2v) is 7.66. The van der Waals surface area contributed by atoms with E-state index in [1.807, 2.05) is 4.90 Å². The number of aromatic nitrogens is 2. The fourth-order valence-corrected chi connectivity index (χ4v) is 3.69. The van der Waals surface area contributed by atoms with Crippen molar-refractivity contribution in [3.05, 3.63) is 77.6 Å². The van der Waals surface area contributed by atoms with E-state index in [4.69, 9.17) is 0 Å². The van der Waals surface area contributed by atoms with Gasteiger partial charge in [0.1, 0.15) is 0 Å². The van der Waals surface area contributed by atoms with E-state index in [0.29, 0.717) is 24.3 Å². The molecule has 1 aromatic heterocycles. The fourth-order valence-electron chi connectivity index (χ4n) is 3.69. The van der Waals surface area contributed by atoms with Gasteiger partial charge in [-0.25, -0.2) is 4.68 Å². The summed E-state index contributed by atoms with van der Waals surface area (Å²) in [5.41, 5.74) is 2.39. The van der Waals surface area contributed by atoms with Gasteiger partial charge in [0.15, 0.2) is 5.69 Å². The second-order valence-electron chi connectivity index (χ2n) is 7.66. The summed E-state index contributed by atoms with van der Waals surface area (Å²) in [6, 6.07) is 15.8. The third-order valence-corrected chi connectivity index (χ3v) is 5.44. The van der Waals surface area contributed by atoms with E-state index in [0.717, 1.165) is 35.9 Å². The van der Waals surface area contributed by atoms with E-state index in [-0.39, 0.29) is 5.91 Å². The van der Waals surface area contributed by atoms with Gasteiger partial charge in [-0.1, -0.05) is 17.7 Å². The summed E-state index contributed by atoms with van der Waals surface area (Å²) in [4.78, 5) is 17.1. The van der Waals surface area contributed by atoms with E-state index >= 15 is 0 Å². The number of benzene rings is 2. The fraction of sp³-hybridized carbons (Fsp3) is 0.304. The molecule has 162 valence electrons. The summed E-state index contributed by atoms with van der Waals surface area (Å²) in [6.45, 7) is 4.96. The van der Waals surface area contributed by atoms with Crippen LogP contribution < -0.4 is 4.90 Å². The summed E-state index contributed by atoms with van der Waals surface area (Å²) in [5, 5.41) is 3.56. The van der Waals surface area contributed by atoms with E-state index < -0.39 is 11.9 Å². The molecule has 0 N–H and O–H groups in total. The Labute approximate surface area is 178 Å². The Bertz CT molecular complexity index is 1040. The van der Waals surface area contributed by atoms with E-state index in [1.54, 1.807) is 24.3 Å². The van der Waals surface area contributed by atoms with Gasteiger partial charge in [-0.05, 0) is 55.8 Å². The van der Waals surface area contributed by atoms with Crippen LogP contribution in [0.25, 0.3) is 5.69 Å². The van der Waals surface area contributed by atoms with Gasteiger partial charge in [0, 0.05) is 43.6 Å². The molecule has 0 spiro atoms. The summed E-state index contributed by atoms with van der Waals surface area (Å²) in [7, 11) is 0. The van der Waals surface area contributed by atoms with E-state index in [9.17, 15) is 18.0 Å². The van der Waals surface area contributed by atoms with Gasteiger partial charge in [-0.2, -0.15) is 18.3 Å². The number of alkyl halides is 3. The van der Waals surface area contributed by atoms with Crippen LogP contribution in [-0.4, -0.2) is 46.8 Å². The number of aryl methyl sites for hydroxylation is 1. The van der Waals surface area contributed by atoms with Crippen molar-refractivity contribution in [2.75, 3.05) is 31.1 Å². The molecular weight excluding hydrogens is 405 g/mol. The number of rotatable bonds is 3. The van der Waals surface area contributed by atoms with Crippen LogP contribution in [0.2, 0.25) is 0 Å². The molecule has 0 bridgehead atoms. The Balaban J connectivity index is 1.42. The second kappa shape index (κ2) is 8.45. The van der Waals surface area contributed by atoms with Crippen molar-refractivity contribution in [3.63, 3.8) is 0 Å². The zero-order chi connectivity index (χ0) is 22.0. The Hall–Kier alpha value is -3.29. The number of carbonyl (C=O) groups excluding carboxylic acids is 1. The Morgan fingerprint density at radius 3 is 2.19 bits per heavy atom. The van der Waals surface area contributed by atoms with Crippen LogP contribution in [0.4, 0.5) is 18.9 Å². The standard InChI is InChI=1S/C23H23F3N4O/c1-17-3-7-19(8-4-17)28-12-2-13-29(16-15-28)22(31)18-5-9-20(10-6-18)30-14-11-21(27-30)23(24,25)26/h3-11,14H,2,12-13,15-16H2,1H3. The van der Waals surface area contributed by atoms with Crippen LogP contribution in [0.1, 0.15) is 28.0 Å². The molecule has 5 nitrogen and oxygen atoms in total. The van der Waals surface area contributed by atoms with Crippen LogP contribution >= 0.6 is 0 Å². The van der Waals surface area contributed by atoms with Crippen molar-refractivity contribution in [2.45, 2.75) is 19.5 Å². The molecule has 2 heterocycles. The Kier molecular flexibility index (Phi) is 5.71. The lowest BCUT2D eigenvalue weighted by Gasteiger charge is -2.24. The highest BCUT2D eigenvalue weighted by Crippen LogP contribution is 2.28. The van der Waals surface area contributed by atoms with Gasteiger partial charge in [0.05, 0.1) is 5.69 Å². The van der Waals surface area contributed by atoms with Crippen molar-refractivity contribution >= 4 is 11.6 Å². The molecule has 0 aliphatic carbocycles. The molecule has 0 atom stereocenters. The van der Waals surface area contributed by atoms with Crippen molar-refractivity contribution in [1.29, 1.82) is 0 Å². The number of nitrogens with zero attached hydrogens (tertiary/aromatic N) is 4. The quantitative estimate of drug-likeness (QED) is 0.615. The molecule has 1 aliphatic rings. The lowest BCUT2D eigenvalue weighted by molar-refractivity contribution is -0.141. The number of hydrogen-bond acceptors (Lipinski definition) is 3. The Morgan fingerprint density at radius 1 is 0.871 bits per heavy atom. The summed E-state index contributed by atoms with van der Waals surface area (Å²) >= 11 is 0. The molecular formula is C23H23F3N4O. The first-order chi connectivity index (χ1) is 14.8. The molecule has 4 rings (SSSR count). The van der Waals surface area contributed by atoms with Gasteiger partial charge in [0.25, 0.3) is 5.91 Å². The molecule has 0 radical (unpaired) electrons. The first-order valence-electron chi connectivity index (χ1n) is 10.2. The van der Waals surface area contributed by atoms with Crippen molar-refractivity contribution < 1.29 is 18.0 Å². The summed E-state index contributed by atoms with van der Waals surface area (Å²) < 4.78 is 39.4. The van der Waals surface area contributed by atoms with Gasteiger partial charge >= 0.3 is 6.18 Å². The highest BCUT2D eigenvalue weighted by molar-refractivity contribution is 5.94. The Morgan fingerprint density at radius 2 is 1.55 bits per heavy atom. The molecule has 31 heavy (non-hydrogen) atoms. The third-order valence-electron chi connectivity index (χ3n) is 5.44. The molecule has 1 amide bonds.